The lowest BCUT2D eigenvalue weighted by atomic mass is 10.1. The summed E-state index contributed by atoms with van der Waals surface area (Å²) in [6.07, 6.45) is 21.8. The summed E-state index contributed by atoms with van der Waals surface area (Å²) in [4.78, 5) is 11.5. The molecular formula is C28H55O6PS. The van der Waals surface area contributed by atoms with Crippen molar-refractivity contribution in [3.8, 4) is 0 Å². The van der Waals surface area contributed by atoms with E-state index in [1.165, 1.54) is 108 Å². The molecule has 3 atom stereocenters. The van der Waals surface area contributed by atoms with Crippen LogP contribution in [0.3, 0.4) is 0 Å². The molecule has 0 radical (unpaired) electrons. The summed E-state index contributed by atoms with van der Waals surface area (Å²) in [5.74, 6) is 0.113. The van der Waals surface area contributed by atoms with Crippen molar-refractivity contribution in [2.24, 2.45) is 0 Å². The molecule has 0 spiro atoms. The molecule has 214 valence electrons. The Hall–Kier alpha value is -0.200. The van der Waals surface area contributed by atoms with Gasteiger partial charge in [-0.05, 0) is 31.9 Å². The molecular weight excluding hydrogens is 495 g/mol. The number of hydrogen-bond donors (Lipinski definition) is 1. The lowest BCUT2D eigenvalue weighted by Gasteiger charge is -2.24. The summed E-state index contributed by atoms with van der Waals surface area (Å²) in [7, 11) is 0.278. The van der Waals surface area contributed by atoms with E-state index in [-0.39, 0.29) is 12.7 Å². The van der Waals surface area contributed by atoms with Gasteiger partial charge < -0.3 is 19.3 Å². The van der Waals surface area contributed by atoms with E-state index in [4.69, 9.17) is 9.47 Å². The number of unbranched alkanes of at least 4 members (excludes halogenated alkanes) is 13. The van der Waals surface area contributed by atoms with E-state index in [2.05, 4.69) is 25.5 Å². The standard InChI is InChI=1S/C28H55O6PS/c1-5-7-9-11-12-13-14-15-17-19-24-36-26(21-18-16-10-8-6-2)25(3)33-22-20-23-34-28(30,35-31)27(29)32-4/h25-26,30H,5-24H2,1-4H3. The summed E-state index contributed by atoms with van der Waals surface area (Å²) in [5.41, 5.74) is -2.44. The number of thioether (sulfide) groups is 1. The molecule has 0 aliphatic heterocycles. The number of methoxy groups -OCH3 is 1. The van der Waals surface area contributed by atoms with Crippen molar-refractivity contribution in [1.82, 2.24) is 0 Å². The van der Waals surface area contributed by atoms with Crippen LogP contribution in [0.2, 0.25) is 0 Å². The molecule has 0 rings (SSSR count). The van der Waals surface area contributed by atoms with E-state index in [0.717, 1.165) is 7.11 Å². The minimum absolute atomic E-state index is 0.0565. The third-order valence-electron chi connectivity index (χ3n) is 6.49. The van der Waals surface area contributed by atoms with Gasteiger partial charge in [0.1, 0.15) is 0 Å². The maximum atomic E-state index is 11.5. The molecule has 0 heterocycles. The molecule has 1 N–H and O–H groups in total. The number of aliphatic hydroxyl groups is 1. The molecule has 0 fully saturated rings. The molecule has 0 saturated heterocycles. The predicted molar refractivity (Wildman–Crippen MR) is 152 cm³/mol. The summed E-state index contributed by atoms with van der Waals surface area (Å²) >= 11 is 2.05. The van der Waals surface area contributed by atoms with Gasteiger partial charge in [0.15, 0.2) is 0 Å². The zero-order chi connectivity index (χ0) is 26.9. The van der Waals surface area contributed by atoms with Gasteiger partial charge >= 0.3 is 11.5 Å². The van der Waals surface area contributed by atoms with Crippen molar-refractivity contribution in [2.45, 2.75) is 147 Å². The van der Waals surface area contributed by atoms with E-state index in [1.807, 2.05) is 11.8 Å². The largest absolute Gasteiger partial charge is 0.464 e. The van der Waals surface area contributed by atoms with Gasteiger partial charge in [0, 0.05) is 11.9 Å². The Kier molecular flexibility index (Phi) is 25.0. The van der Waals surface area contributed by atoms with Crippen LogP contribution in [0.4, 0.5) is 0 Å². The molecule has 0 amide bonds. The predicted octanol–water partition coefficient (Wildman–Crippen LogP) is 8.29. The van der Waals surface area contributed by atoms with Crippen molar-refractivity contribution in [3.63, 3.8) is 0 Å². The minimum atomic E-state index is -2.44. The molecule has 0 aromatic rings. The van der Waals surface area contributed by atoms with Gasteiger partial charge in [-0.3, -0.25) is 4.57 Å². The van der Waals surface area contributed by atoms with Gasteiger partial charge in [-0.2, -0.15) is 11.8 Å². The molecule has 0 bridgehead atoms. The van der Waals surface area contributed by atoms with Gasteiger partial charge in [-0.25, -0.2) is 4.79 Å². The van der Waals surface area contributed by atoms with Gasteiger partial charge in [-0.15, -0.1) is 0 Å². The molecule has 6 nitrogen and oxygen atoms in total. The Morgan fingerprint density at radius 3 is 1.89 bits per heavy atom. The monoisotopic (exact) mass is 550 g/mol. The Bertz CT molecular complexity index is 524. The number of hydrogen-bond acceptors (Lipinski definition) is 7. The minimum Gasteiger partial charge on any atom is -0.464 e. The van der Waals surface area contributed by atoms with Crippen molar-refractivity contribution in [3.05, 3.63) is 0 Å². The molecule has 0 aliphatic carbocycles. The number of carbonyl (C=O) groups excluding carboxylic acids is 1. The first kappa shape index (κ1) is 35.8. The summed E-state index contributed by atoms with van der Waals surface area (Å²) in [6.45, 7) is 7.17. The number of carbonyl (C=O) groups is 1. The first-order valence-electron chi connectivity index (χ1n) is 14.5. The number of ether oxygens (including phenoxy) is 3. The molecule has 3 unspecified atom stereocenters. The van der Waals surface area contributed by atoms with Crippen molar-refractivity contribution in [1.29, 1.82) is 0 Å². The van der Waals surface area contributed by atoms with Crippen LogP contribution in [0.15, 0.2) is 0 Å². The molecule has 0 saturated carbocycles. The van der Waals surface area contributed by atoms with Crippen LogP contribution in [-0.4, -0.2) is 54.0 Å². The van der Waals surface area contributed by atoms with Crippen LogP contribution in [-0.2, 0) is 23.6 Å². The fourth-order valence-electron chi connectivity index (χ4n) is 4.13. The van der Waals surface area contributed by atoms with Gasteiger partial charge in [0.2, 0.25) is 8.46 Å². The normalized spacial score (nSPS) is 15.0. The molecule has 0 aliphatic rings. The highest BCUT2D eigenvalue weighted by Gasteiger charge is 2.40. The molecule has 36 heavy (non-hydrogen) atoms. The lowest BCUT2D eigenvalue weighted by Crippen LogP contribution is -2.37. The van der Waals surface area contributed by atoms with Crippen LogP contribution < -0.4 is 0 Å². The summed E-state index contributed by atoms with van der Waals surface area (Å²) in [5, 5.41) is 10.4. The van der Waals surface area contributed by atoms with E-state index in [0.29, 0.717) is 18.3 Å². The van der Waals surface area contributed by atoms with Gasteiger partial charge in [-0.1, -0.05) is 104 Å². The Morgan fingerprint density at radius 2 is 1.36 bits per heavy atom. The fraction of sp³-hybridized carbons (Fsp3) is 0.964. The quantitative estimate of drug-likeness (QED) is 0.0477. The average Bonchev–Trinajstić information content (AvgIpc) is 2.89. The highest BCUT2D eigenvalue weighted by atomic mass is 32.2. The van der Waals surface area contributed by atoms with E-state index in [9.17, 15) is 14.5 Å². The van der Waals surface area contributed by atoms with E-state index >= 15 is 0 Å². The Labute approximate surface area is 227 Å². The van der Waals surface area contributed by atoms with Crippen LogP contribution in [0.1, 0.15) is 130 Å². The van der Waals surface area contributed by atoms with Gasteiger partial charge in [0.25, 0.3) is 0 Å². The first-order valence-corrected chi connectivity index (χ1v) is 16.3. The summed E-state index contributed by atoms with van der Waals surface area (Å²) in [6, 6.07) is 0. The second kappa shape index (κ2) is 25.1. The highest BCUT2D eigenvalue weighted by Crippen LogP contribution is 2.26. The average molecular weight is 551 g/mol. The second-order valence-electron chi connectivity index (χ2n) is 9.76. The zero-order valence-corrected chi connectivity index (χ0v) is 25.4. The Balaban J connectivity index is 4.22. The molecule has 0 aromatic heterocycles. The molecule has 8 heteroatoms. The topological polar surface area (TPSA) is 82.1 Å². The number of esters is 1. The van der Waals surface area contributed by atoms with E-state index in [1.54, 1.807) is 0 Å². The zero-order valence-electron chi connectivity index (χ0n) is 23.6. The smallest absolute Gasteiger partial charge is 0.379 e. The lowest BCUT2D eigenvalue weighted by molar-refractivity contribution is -0.193. The maximum Gasteiger partial charge on any atom is 0.379 e. The first-order chi connectivity index (χ1) is 17.4. The Morgan fingerprint density at radius 1 is 0.833 bits per heavy atom. The van der Waals surface area contributed by atoms with Crippen molar-refractivity contribution < 1.29 is 28.7 Å². The number of rotatable bonds is 27. The van der Waals surface area contributed by atoms with Crippen LogP contribution in [0, 0.1) is 0 Å². The van der Waals surface area contributed by atoms with Gasteiger partial charge in [0.05, 0.1) is 19.8 Å². The van der Waals surface area contributed by atoms with Crippen molar-refractivity contribution >= 4 is 26.2 Å². The highest BCUT2D eigenvalue weighted by molar-refractivity contribution is 7.99. The maximum absolute atomic E-state index is 11.5. The van der Waals surface area contributed by atoms with E-state index < -0.39 is 20.0 Å². The summed E-state index contributed by atoms with van der Waals surface area (Å²) < 4.78 is 26.7. The van der Waals surface area contributed by atoms with Crippen LogP contribution in [0.25, 0.3) is 0 Å². The molecule has 0 aromatic carbocycles. The second-order valence-corrected chi connectivity index (χ2v) is 11.9. The third kappa shape index (κ3) is 19.0. The van der Waals surface area contributed by atoms with Crippen LogP contribution in [0.5, 0.6) is 0 Å². The third-order valence-corrected chi connectivity index (χ3v) is 8.62. The fourth-order valence-corrected chi connectivity index (χ4v) is 5.80. The van der Waals surface area contributed by atoms with Crippen molar-refractivity contribution in [2.75, 3.05) is 26.1 Å². The SMILES string of the molecule is CCCCCCCCCCCCSC(CCCCCCC)C(C)OCCCOC(O)(P=O)C(=O)OC. The van der Waals surface area contributed by atoms with Crippen LogP contribution >= 0.6 is 20.2 Å².